The number of rotatable bonds is 34. The van der Waals surface area contributed by atoms with Crippen LogP contribution in [0.5, 0.6) is 0 Å². The molecule has 1 aromatic heterocycles. The fourth-order valence-electron chi connectivity index (χ4n) is 7.43. The van der Waals surface area contributed by atoms with Crippen LogP contribution in [0.1, 0.15) is 106 Å². The van der Waals surface area contributed by atoms with Gasteiger partial charge in [0, 0.05) is 74.4 Å². The molecule has 0 aliphatic carbocycles. The van der Waals surface area contributed by atoms with Gasteiger partial charge in [0.2, 0.25) is 29.5 Å². The number of aromatic nitrogens is 1. The van der Waals surface area contributed by atoms with Crippen molar-refractivity contribution >= 4 is 53.2 Å². The first-order chi connectivity index (χ1) is 37.6. The zero-order chi connectivity index (χ0) is 59.3. The normalized spacial score (nSPS) is 13.7. The van der Waals surface area contributed by atoms with E-state index in [4.69, 9.17) is 29.8 Å². The predicted molar refractivity (Wildman–Crippen MR) is 301 cm³/mol. The maximum absolute atomic E-state index is 14.2. The lowest BCUT2D eigenvalue weighted by Gasteiger charge is -2.19. The first-order valence-corrected chi connectivity index (χ1v) is 28.3. The predicted octanol–water partition coefficient (Wildman–Crippen LogP) is 6.71. The highest BCUT2D eigenvalue weighted by Crippen LogP contribution is 2.30. The number of aliphatic carboxylic acids is 2. The molecule has 3 atom stereocenters. The second-order valence-corrected chi connectivity index (χ2v) is 20.4. The molecule has 0 radical (unpaired) electrons. The van der Waals surface area contributed by atoms with Gasteiger partial charge in [0.1, 0.15) is 23.7 Å². The van der Waals surface area contributed by atoms with E-state index in [9.17, 15) is 47.4 Å². The highest BCUT2D eigenvalue weighted by molar-refractivity contribution is 7.99. The van der Waals surface area contributed by atoms with Gasteiger partial charge in [0.15, 0.2) is 0 Å². The van der Waals surface area contributed by atoms with Crippen molar-refractivity contribution in [1.29, 1.82) is 0 Å². The number of likely N-dealkylation sites (tertiary alicyclic amines) is 1. The summed E-state index contributed by atoms with van der Waals surface area (Å²) >= 11 is 1.19. The fourth-order valence-corrected chi connectivity index (χ4v) is 8.26. The molecule has 19 nitrogen and oxygen atoms in total. The minimum atomic E-state index is -1.19. The van der Waals surface area contributed by atoms with Crippen LogP contribution in [-0.4, -0.2) is 157 Å². The summed E-state index contributed by atoms with van der Waals surface area (Å²) in [6, 6.07) is 13.6. The van der Waals surface area contributed by atoms with Crippen LogP contribution >= 0.6 is 11.8 Å². The maximum Gasteiger partial charge on any atom is 0.326 e. The number of carboxylic acids is 2. The van der Waals surface area contributed by atoms with Crippen molar-refractivity contribution in [3.63, 3.8) is 0 Å². The molecule has 7 N–H and O–H groups in total. The number of thioether (sulfide) groups is 1. The van der Waals surface area contributed by atoms with Gasteiger partial charge in [-0.3, -0.25) is 33.7 Å². The van der Waals surface area contributed by atoms with Crippen LogP contribution in [0, 0.1) is 28.9 Å². The van der Waals surface area contributed by atoms with E-state index < -0.39 is 41.6 Å². The molecule has 444 valence electrons. The average molecular weight is 1140 g/mol. The molecule has 4 rings (SSSR count). The molecule has 3 aromatic rings. The Kier molecular flexibility index (Phi) is 36.4. The minimum Gasteiger partial charge on any atom is -0.480 e. The third-order valence-corrected chi connectivity index (χ3v) is 12.4. The summed E-state index contributed by atoms with van der Waals surface area (Å²) in [7, 11) is 0. The summed E-state index contributed by atoms with van der Waals surface area (Å²) in [5.41, 5.74) is 8.78. The molecular formula is C57H88F2N6O13S. The van der Waals surface area contributed by atoms with Gasteiger partial charge in [0.25, 0.3) is 0 Å². The smallest absolute Gasteiger partial charge is 0.326 e. The molecular weight excluding hydrogens is 1050 g/mol. The zero-order valence-corrected chi connectivity index (χ0v) is 48.6. The van der Waals surface area contributed by atoms with Gasteiger partial charge in [-0.05, 0) is 66.2 Å². The second kappa shape index (κ2) is 40.4. The van der Waals surface area contributed by atoms with Crippen LogP contribution in [-0.2, 0) is 65.5 Å². The van der Waals surface area contributed by atoms with E-state index in [-0.39, 0.29) is 118 Å². The van der Waals surface area contributed by atoms with E-state index >= 15 is 0 Å². The highest BCUT2D eigenvalue weighted by Gasteiger charge is 2.39. The Morgan fingerprint density at radius 3 is 1.92 bits per heavy atom. The monoisotopic (exact) mass is 1130 g/mol. The molecule has 1 saturated heterocycles. The summed E-state index contributed by atoms with van der Waals surface area (Å²) in [5.74, 6) is -4.57. The van der Waals surface area contributed by atoms with Crippen molar-refractivity contribution in [3.8, 4) is 11.1 Å². The number of nitrogens with two attached hydrogens (primary N) is 1. The lowest BCUT2D eigenvalue weighted by Crippen LogP contribution is -2.41. The Labute approximate surface area is 469 Å². The lowest BCUT2D eigenvalue weighted by atomic mass is 9.90. The molecule has 1 aliphatic heterocycles. The summed E-state index contributed by atoms with van der Waals surface area (Å²) in [4.78, 5) is 83.5. The first kappa shape index (κ1) is 71.2. The topological polar surface area (TPSA) is 267 Å². The number of carbonyl (C=O) groups excluding carboxylic acids is 5. The third kappa shape index (κ3) is 30.4. The number of hydrogen-bond acceptors (Lipinski definition) is 13. The zero-order valence-electron chi connectivity index (χ0n) is 47.7. The standard InChI is InChI=1S/C31H53N5O13S.C22H23F2N.2C2H6/c1-21(2)22-19-28(40)36(29(22)41)9-4-25(37)34-8-11-47-13-15-49-17-16-48-14-12-46-10-5-26(38)35-24(31(44)45)6-18-50-20-27(39)33-7-3-23(32)30(42)43;1-22(2,3)13-19-11-17(20-12-18(23)9-10-21(20)24)15-25(19)14-16-7-5-4-6-8-16;2*1-2/h21-24H,3-20,32H2,1-2H3,(H,33,39)(H,34,37)(H,35,38)(H,42,43)(H,44,45);4-12,15H,13-14H2,1-3H3;2*1-2H3. The van der Waals surface area contributed by atoms with E-state index in [1.165, 1.54) is 34.4 Å². The van der Waals surface area contributed by atoms with Crippen LogP contribution < -0.4 is 21.7 Å². The molecule has 0 spiro atoms. The van der Waals surface area contributed by atoms with Crippen LogP contribution in [0.2, 0.25) is 0 Å². The second-order valence-electron chi connectivity index (χ2n) is 19.3. The number of carbonyl (C=O) groups is 7. The van der Waals surface area contributed by atoms with Crippen molar-refractivity contribution in [2.75, 3.05) is 84.0 Å². The Balaban J connectivity index is 0.000000889. The molecule has 2 heterocycles. The van der Waals surface area contributed by atoms with Crippen molar-refractivity contribution in [1.82, 2.24) is 25.4 Å². The number of carboxylic acid groups (broad SMARTS) is 2. The van der Waals surface area contributed by atoms with Crippen LogP contribution in [0.4, 0.5) is 8.78 Å². The Morgan fingerprint density at radius 2 is 1.35 bits per heavy atom. The number of nitrogens with zero attached hydrogens (tertiary/aromatic N) is 2. The van der Waals surface area contributed by atoms with Gasteiger partial charge >= 0.3 is 11.9 Å². The van der Waals surface area contributed by atoms with Crippen LogP contribution in [0.3, 0.4) is 0 Å². The molecule has 0 saturated carbocycles. The highest BCUT2D eigenvalue weighted by atomic mass is 32.2. The maximum atomic E-state index is 14.2. The number of nitrogens with one attached hydrogen (secondary N) is 3. The van der Waals surface area contributed by atoms with Crippen molar-refractivity contribution < 1.29 is 71.5 Å². The van der Waals surface area contributed by atoms with E-state index in [2.05, 4.69) is 53.4 Å². The van der Waals surface area contributed by atoms with Gasteiger partial charge in [0.05, 0.1) is 58.6 Å². The largest absolute Gasteiger partial charge is 0.480 e. The molecule has 1 aliphatic rings. The molecule has 3 unspecified atom stereocenters. The number of amides is 5. The number of hydrogen-bond donors (Lipinski definition) is 6. The van der Waals surface area contributed by atoms with Crippen LogP contribution in [0.25, 0.3) is 11.1 Å². The van der Waals surface area contributed by atoms with Crippen molar-refractivity contribution in [2.24, 2.45) is 23.0 Å². The van der Waals surface area contributed by atoms with E-state index in [0.29, 0.717) is 56.4 Å². The van der Waals surface area contributed by atoms with E-state index in [1.807, 2.05) is 72.0 Å². The molecule has 5 amide bonds. The molecule has 1 fully saturated rings. The summed E-state index contributed by atoms with van der Waals surface area (Å²) in [5, 5.41) is 25.8. The summed E-state index contributed by atoms with van der Waals surface area (Å²) < 4.78 is 51.5. The molecule has 2 aromatic carbocycles. The third-order valence-electron chi connectivity index (χ3n) is 11.4. The molecule has 79 heavy (non-hydrogen) atoms. The quantitative estimate of drug-likeness (QED) is 0.0268. The van der Waals surface area contributed by atoms with Crippen molar-refractivity contribution in [3.05, 3.63) is 83.7 Å². The number of imide groups is 1. The average Bonchev–Trinajstić information content (AvgIpc) is 3.99. The Bertz CT molecular complexity index is 2280. The molecule has 0 bridgehead atoms. The minimum absolute atomic E-state index is 0.0377. The Morgan fingerprint density at radius 1 is 0.759 bits per heavy atom. The number of benzene rings is 2. The number of halogens is 2. The van der Waals surface area contributed by atoms with E-state index in [1.54, 1.807) is 0 Å². The number of ether oxygens (including phenoxy) is 4. The Hall–Kier alpha value is -5.78. The summed E-state index contributed by atoms with van der Waals surface area (Å²) in [6.07, 6.45) is 3.19. The van der Waals surface area contributed by atoms with Gasteiger partial charge in [-0.2, -0.15) is 11.8 Å². The van der Waals surface area contributed by atoms with Gasteiger partial charge < -0.3 is 55.4 Å². The van der Waals surface area contributed by atoms with Gasteiger partial charge in [-0.25, -0.2) is 13.6 Å². The SMILES string of the molecule is CC.CC.CC(C)(C)Cc1cc(-c2cc(F)ccc2F)cn1Cc1ccccc1.CC(C)C1CC(=O)N(CCC(=O)NCCOCCOCCOCCOCCC(=O)NC(CCSCC(=O)NCCC(N)C(=O)O)C(=O)O)C1=O. The molecule has 22 heteroatoms. The fraction of sp³-hybridized carbons (Fsp3) is 0.596. The first-order valence-electron chi connectivity index (χ1n) is 27.1. The summed E-state index contributed by atoms with van der Waals surface area (Å²) in [6.45, 7) is 21.7. The van der Waals surface area contributed by atoms with Crippen LogP contribution in [0.15, 0.2) is 60.8 Å². The lowest BCUT2D eigenvalue weighted by molar-refractivity contribution is -0.142. The van der Waals surface area contributed by atoms with E-state index in [0.717, 1.165) is 18.2 Å². The van der Waals surface area contributed by atoms with Crippen molar-refractivity contribution in [2.45, 2.75) is 119 Å². The van der Waals surface area contributed by atoms with Gasteiger partial charge in [-0.15, -0.1) is 0 Å². The van der Waals surface area contributed by atoms with Gasteiger partial charge in [-0.1, -0.05) is 92.6 Å².